The number of hydrogen-bond donors (Lipinski definition) is 1. The van der Waals surface area contributed by atoms with Gasteiger partial charge in [-0.3, -0.25) is 9.19 Å². The summed E-state index contributed by atoms with van der Waals surface area (Å²) in [5.41, 5.74) is 0. The summed E-state index contributed by atoms with van der Waals surface area (Å²) in [6.45, 7) is 2.08. The summed E-state index contributed by atoms with van der Waals surface area (Å²) in [6.07, 6.45) is 4.54. The molecule has 1 aromatic heterocycles. The smallest absolute Gasteiger partial charge is 0.0533 e. The van der Waals surface area contributed by atoms with Crippen LogP contribution < -0.4 is 5.32 Å². The van der Waals surface area contributed by atoms with Crippen LogP contribution in [0.25, 0.3) is 0 Å². The van der Waals surface area contributed by atoms with E-state index in [1.165, 1.54) is 0 Å². The van der Waals surface area contributed by atoms with Crippen molar-refractivity contribution < 1.29 is 4.21 Å². The molecule has 76 valence electrons. The maximum atomic E-state index is 11.9. The summed E-state index contributed by atoms with van der Waals surface area (Å²) in [7, 11) is -0.853. The molecule has 4 heteroatoms. The van der Waals surface area contributed by atoms with Gasteiger partial charge in [0.2, 0.25) is 0 Å². The van der Waals surface area contributed by atoms with Crippen LogP contribution in [0.2, 0.25) is 0 Å². The monoisotopic (exact) mass is 210 g/mol. The lowest BCUT2D eigenvalue weighted by atomic mass is 10.2. The zero-order chi connectivity index (χ0) is 9.80. The van der Waals surface area contributed by atoms with Gasteiger partial charge in [0.1, 0.15) is 0 Å². The zero-order valence-electron chi connectivity index (χ0n) is 7.98. The molecule has 3 nitrogen and oxygen atoms in total. The third-order valence-corrected chi connectivity index (χ3v) is 4.03. The van der Waals surface area contributed by atoms with E-state index in [0.29, 0.717) is 5.92 Å². The minimum Gasteiger partial charge on any atom is -0.316 e. The summed E-state index contributed by atoms with van der Waals surface area (Å²) in [4.78, 5) is 4.81. The second kappa shape index (κ2) is 4.66. The summed E-state index contributed by atoms with van der Waals surface area (Å²) in [5, 5.41) is 3.28. The third kappa shape index (κ3) is 2.39. The van der Waals surface area contributed by atoms with Gasteiger partial charge in [-0.2, -0.15) is 0 Å². The van der Waals surface area contributed by atoms with Gasteiger partial charge in [0, 0.05) is 23.0 Å². The number of aromatic nitrogens is 1. The molecule has 0 saturated carbocycles. The molecular formula is C10H14N2OS. The molecule has 0 amide bonds. The Balaban J connectivity index is 1.95. The molecule has 1 aliphatic rings. The fourth-order valence-electron chi connectivity index (χ4n) is 1.66. The molecule has 14 heavy (non-hydrogen) atoms. The summed E-state index contributed by atoms with van der Waals surface area (Å²) < 4.78 is 11.9. The first-order valence-corrected chi connectivity index (χ1v) is 6.17. The SMILES string of the molecule is O=[S@@](C[C@H]1CCNC1)c1ccncc1. The molecule has 2 rings (SSSR count). The normalized spacial score (nSPS) is 23.6. The Morgan fingerprint density at radius 3 is 2.93 bits per heavy atom. The molecule has 0 aliphatic carbocycles. The summed E-state index contributed by atoms with van der Waals surface area (Å²) >= 11 is 0. The highest BCUT2D eigenvalue weighted by Crippen LogP contribution is 2.13. The van der Waals surface area contributed by atoms with Crippen LogP contribution in [-0.2, 0) is 10.8 Å². The van der Waals surface area contributed by atoms with Crippen LogP contribution in [0.1, 0.15) is 6.42 Å². The van der Waals surface area contributed by atoms with E-state index in [2.05, 4.69) is 10.3 Å². The lowest BCUT2D eigenvalue weighted by Gasteiger charge is -2.07. The Bertz CT molecular complexity index is 309. The lowest BCUT2D eigenvalue weighted by Crippen LogP contribution is -2.15. The van der Waals surface area contributed by atoms with E-state index < -0.39 is 10.8 Å². The van der Waals surface area contributed by atoms with E-state index in [1.807, 2.05) is 12.1 Å². The highest BCUT2D eigenvalue weighted by atomic mass is 32.2. The summed E-state index contributed by atoms with van der Waals surface area (Å²) in [6, 6.07) is 3.66. The fourth-order valence-corrected chi connectivity index (χ4v) is 2.99. The van der Waals surface area contributed by atoms with Crippen LogP contribution in [0, 0.1) is 5.92 Å². The van der Waals surface area contributed by atoms with Gasteiger partial charge in [-0.05, 0) is 37.6 Å². The maximum Gasteiger partial charge on any atom is 0.0533 e. The highest BCUT2D eigenvalue weighted by molar-refractivity contribution is 7.85. The zero-order valence-corrected chi connectivity index (χ0v) is 8.80. The molecule has 1 N–H and O–H groups in total. The van der Waals surface area contributed by atoms with Gasteiger partial charge in [-0.15, -0.1) is 0 Å². The van der Waals surface area contributed by atoms with Crippen LogP contribution in [0.3, 0.4) is 0 Å². The Morgan fingerprint density at radius 2 is 2.29 bits per heavy atom. The second-order valence-corrected chi connectivity index (χ2v) is 5.05. The molecule has 1 aliphatic heterocycles. The molecule has 0 bridgehead atoms. The quantitative estimate of drug-likeness (QED) is 0.802. The van der Waals surface area contributed by atoms with Gasteiger partial charge < -0.3 is 5.32 Å². The Morgan fingerprint density at radius 1 is 1.50 bits per heavy atom. The Labute approximate surface area is 86.4 Å². The molecule has 1 saturated heterocycles. The first-order valence-electron chi connectivity index (χ1n) is 4.85. The maximum absolute atomic E-state index is 11.9. The Kier molecular flexibility index (Phi) is 3.26. The highest BCUT2D eigenvalue weighted by Gasteiger charge is 2.17. The van der Waals surface area contributed by atoms with Crippen LogP contribution in [0.4, 0.5) is 0 Å². The molecule has 1 aromatic rings. The van der Waals surface area contributed by atoms with Gasteiger partial charge in [0.25, 0.3) is 0 Å². The van der Waals surface area contributed by atoms with Crippen molar-refractivity contribution in [2.75, 3.05) is 18.8 Å². The molecular weight excluding hydrogens is 196 g/mol. The van der Waals surface area contributed by atoms with E-state index in [4.69, 9.17) is 0 Å². The van der Waals surface area contributed by atoms with Crippen molar-refractivity contribution in [3.05, 3.63) is 24.5 Å². The van der Waals surface area contributed by atoms with Crippen molar-refractivity contribution in [1.29, 1.82) is 0 Å². The number of nitrogens with zero attached hydrogens (tertiary/aromatic N) is 1. The first kappa shape index (κ1) is 9.80. The van der Waals surface area contributed by atoms with Crippen molar-refractivity contribution in [3.8, 4) is 0 Å². The number of pyridine rings is 1. The van der Waals surface area contributed by atoms with E-state index >= 15 is 0 Å². The molecule has 0 aromatic carbocycles. The van der Waals surface area contributed by atoms with Gasteiger partial charge in [-0.1, -0.05) is 0 Å². The minimum absolute atomic E-state index is 0.573. The van der Waals surface area contributed by atoms with Gasteiger partial charge in [0.05, 0.1) is 10.8 Å². The average Bonchev–Trinajstić information content (AvgIpc) is 2.72. The van der Waals surface area contributed by atoms with Crippen molar-refractivity contribution in [2.24, 2.45) is 5.92 Å². The van der Waals surface area contributed by atoms with Crippen LogP contribution >= 0.6 is 0 Å². The molecule has 0 unspecified atom stereocenters. The van der Waals surface area contributed by atoms with Crippen LogP contribution in [0.15, 0.2) is 29.4 Å². The molecule has 1 fully saturated rings. The molecule has 0 radical (unpaired) electrons. The Hall–Kier alpha value is -0.740. The fraction of sp³-hybridized carbons (Fsp3) is 0.500. The van der Waals surface area contributed by atoms with Crippen LogP contribution in [-0.4, -0.2) is 28.0 Å². The minimum atomic E-state index is -0.853. The largest absolute Gasteiger partial charge is 0.316 e. The van der Waals surface area contributed by atoms with E-state index in [1.54, 1.807) is 12.4 Å². The predicted octanol–water partition coefficient (Wildman–Crippen LogP) is 0.799. The molecule has 0 spiro atoms. The topological polar surface area (TPSA) is 42.0 Å². The van der Waals surface area contributed by atoms with Gasteiger partial charge in [-0.25, -0.2) is 0 Å². The van der Waals surface area contributed by atoms with Gasteiger partial charge >= 0.3 is 0 Å². The van der Waals surface area contributed by atoms with E-state index in [0.717, 1.165) is 30.2 Å². The number of hydrogen-bond acceptors (Lipinski definition) is 3. The number of rotatable bonds is 3. The predicted molar refractivity (Wildman–Crippen MR) is 56.5 cm³/mol. The van der Waals surface area contributed by atoms with Crippen molar-refractivity contribution in [1.82, 2.24) is 10.3 Å². The number of nitrogens with one attached hydrogen (secondary N) is 1. The molecule has 2 atom stereocenters. The molecule has 2 heterocycles. The van der Waals surface area contributed by atoms with Crippen molar-refractivity contribution in [3.63, 3.8) is 0 Å². The lowest BCUT2D eigenvalue weighted by molar-refractivity contribution is 0.633. The third-order valence-electron chi connectivity index (χ3n) is 2.46. The first-order chi connectivity index (χ1) is 6.86. The summed E-state index contributed by atoms with van der Waals surface area (Å²) in [5.74, 6) is 1.35. The van der Waals surface area contributed by atoms with E-state index in [9.17, 15) is 4.21 Å². The van der Waals surface area contributed by atoms with E-state index in [-0.39, 0.29) is 0 Å². The standard InChI is InChI=1S/C10H14N2OS/c13-14(8-9-1-4-12-7-9)10-2-5-11-6-3-10/h2-3,5-6,9,12H,1,4,7-8H2/t9-,14-/m0/s1. The van der Waals surface area contributed by atoms with Crippen molar-refractivity contribution >= 4 is 10.8 Å². The second-order valence-electron chi connectivity index (χ2n) is 3.55. The average molecular weight is 210 g/mol. The van der Waals surface area contributed by atoms with Crippen LogP contribution in [0.5, 0.6) is 0 Å². The van der Waals surface area contributed by atoms with Crippen molar-refractivity contribution in [2.45, 2.75) is 11.3 Å². The van der Waals surface area contributed by atoms with Gasteiger partial charge in [0.15, 0.2) is 0 Å².